The maximum Gasteiger partial charge on any atom is 0.113 e. The largest absolute Gasteiger partial charge is 0.543 e. The molecule has 0 N–H and O–H groups in total. The van der Waals surface area contributed by atoms with Gasteiger partial charge in [0.05, 0.1) is 23.5 Å². The third kappa shape index (κ3) is 2.31. The lowest BCUT2D eigenvalue weighted by Crippen LogP contribution is -2.26. The Morgan fingerprint density at radius 1 is 1.35 bits per heavy atom. The first-order chi connectivity index (χ1) is 9.51. The van der Waals surface area contributed by atoms with Crippen LogP contribution in [0.1, 0.15) is 41.3 Å². The molecular formula is C15H16ClN2O2-. The van der Waals surface area contributed by atoms with E-state index in [0.717, 1.165) is 23.2 Å². The van der Waals surface area contributed by atoms with Crippen LogP contribution < -0.4 is 5.11 Å². The molecule has 20 heavy (non-hydrogen) atoms. The molecule has 5 heteroatoms. The fourth-order valence-corrected chi connectivity index (χ4v) is 2.51. The molecule has 1 aromatic carbocycles. The topological polar surface area (TPSA) is 58.0 Å². The van der Waals surface area contributed by atoms with Crippen molar-refractivity contribution in [3.8, 4) is 5.69 Å². The number of nitrogens with zero attached hydrogens (tertiary/aromatic N) is 2. The molecule has 0 spiro atoms. The smallest absolute Gasteiger partial charge is 0.113 e. The third-order valence-electron chi connectivity index (χ3n) is 3.41. The molecule has 0 saturated carbocycles. The van der Waals surface area contributed by atoms with Crippen LogP contribution in [0.15, 0.2) is 18.3 Å². The average Bonchev–Trinajstić information content (AvgIpc) is 2.85. The number of carbonyl (C=O) groups is 1. The summed E-state index contributed by atoms with van der Waals surface area (Å²) in [5.41, 5.74) is 2.73. The summed E-state index contributed by atoms with van der Waals surface area (Å²) >= 11 is 6.19. The van der Waals surface area contributed by atoms with E-state index in [0.29, 0.717) is 17.3 Å². The monoisotopic (exact) mass is 291 g/mol. The minimum Gasteiger partial charge on any atom is -0.543 e. The van der Waals surface area contributed by atoms with Crippen LogP contribution in [-0.2, 0) is 12.8 Å². The first kappa shape index (κ1) is 14.6. The molecule has 0 aliphatic rings. The van der Waals surface area contributed by atoms with E-state index in [2.05, 4.69) is 4.98 Å². The fraction of sp³-hybridized carbons (Fsp3) is 0.333. The van der Waals surface area contributed by atoms with E-state index in [1.54, 1.807) is 4.57 Å². The lowest BCUT2D eigenvalue weighted by Gasteiger charge is -2.19. The van der Waals surface area contributed by atoms with Gasteiger partial charge in [-0.3, -0.25) is 4.57 Å². The second-order valence-electron chi connectivity index (χ2n) is 4.57. The van der Waals surface area contributed by atoms with Crippen molar-refractivity contribution in [1.29, 1.82) is 0 Å². The van der Waals surface area contributed by atoms with Gasteiger partial charge in [-0.15, -0.1) is 0 Å². The highest BCUT2D eigenvalue weighted by Gasteiger charge is 2.17. The Morgan fingerprint density at radius 3 is 2.60 bits per heavy atom. The number of halogens is 1. The number of carbonyl (C=O) groups excluding carboxylic acids is 1. The van der Waals surface area contributed by atoms with Gasteiger partial charge in [0.25, 0.3) is 0 Å². The van der Waals surface area contributed by atoms with Crippen molar-refractivity contribution in [2.45, 2.75) is 33.6 Å². The van der Waals surface area contributed by atoms with Gasteiger partial charge in [0.15, 0.2) is 0 Å². The summed E-state index contributed by atoms with van der Waals surface area (Å²) in [5, 5.41) is 11.9. The van der Waals surface area contributed by atoms with Crippen LogP contribution in [0.25, 0.3) is 5.69 Å². The normalized spacial score (nSPS) is 10.8. The summed E-state index contributed by atoms with van der Waals surface area (Å²) in [7, 11) is 0. The third-order valence-corrected chi connectivity index (χ3v) is 3.82. The molecule has 4 nitrogen and oxygen atoms in total. The Balaban J connectivity index is 2.83. The van der Waals surface area contributed by atoms with Gasteiger partial charge in [-0.25, -0.2) is 4.98 Å². The minimum atomic E-state index is -1.24. The van der Waals surface area contributed by atoms with Gasteiger partial charge in [0, 0.05) is 11.4 Å². The van der Waals surface area contributed by atoms with Gasteiger partial charge < -0.3 is 9.90 Å². The van der Waals surface area contributed by atoms with E-state index in [9.17, 15) is 9.90 Å². The highest BCUT2D eigenvalue weighted by Crippen LogP contribution is 2.29. The van der Waals surface area contributed by atoms with Crippen molar-refractivity contribution < 1.29 is 9.90 Å². The Labute approximate surface area is 123 Å². The molecule has 2 aromatic rings. The van der Waals surface area contributed by atoms with Gasteiger partial charge in [0.1, 0.15) is 5.82 Å². The second-order valence-corrected chi connectivity index (χ2v) is 4.98. The molecule has 0 saturated heterocycles. The van der Waals surface area contributed by atoms with E-state index in [-0.39, 0.29) is 5.69 Å². The van der Waals surface area contributed by atoms with Crippen LogP contribution >= 0.6 is 11.6 Å². The van der Waals surface area contributed by atoms with Crippen molar-refractivity contribution in [3.63, 3.8) is 0 Å². The summed E-state index contributed by atoms with van der Waals surface area (Å²) in [4.78, 5) is 15.5. The van der Waals surface area contributed by atoms with Gasteiger partial charge in [-0.05, 0) is 30.5 Å². The van der Waals surface area contributed by atoms with Crippen LogP contribution in [0, 0.1) is 6.92 Å². The zero-order chi connectivity index (χ0) is 14.9. The number of imidazole rings is 1. The summed E-state index contributed by atoms with van der Waals surface area (Å²) in [6, 6.07) is 3.75. The Bertz CT molecular complexity index is 662. The number of carboxylic acids is 1. The van der Waals surface area contributed by atoms with Gasteiger partial charge in [-0.1, -0.05) is 31.5 Å². The van der Waals surface area contributed by atoms with Gasteiger partial charge >= 0.3 is 0 Å². The van der Waals surface area contributed by atoms with Crippen LogP contribution in [0.3, 0.4) is 0 Å². The number of rotatable bonds is 4. The lowest BCUT2D eigenvalue weighted by molar-refractivity contribution is -0.255. The molecule has 0 fully saturated rings. The zero-order valence-corrected chi connectivity index (χ0v) is 12.5. The molecule has 0 atom stereocenters. The van der Waals surface area contributed by atoms with E-state index in [4.69, 9.17) is 11.6 Å². The molecule has 0 bridgehead atoms. The molecule has 0 aliphatic heterocycles. The summed E-state index contributed by atoms with van der Waals surface area (Å²) < 4.78 is 1.65. The van der Waals surface area contributed by atoms with E-state index < -0.39 is 5.97 Å². The highest BCUT2D eigenvalue weighted by molar-refractivity contribution is 6.31. The Morgan fingerprint density at radius 2 is 2.05 bits per heavy atom. The lowest BCUT2D eigenvalue weighted by atomic mass is 10.0. The molecule has 0 aliphatic carbocycles. The van der Waals surface area contributed by atoms with Crippen LogP contribution in [0.5, 0.6) is 0 Å². The van der Waals surface area contributed by atoms with Crippen LogP contribution in [0.4, 0.5) is 0 Å². The van der Waals surface area contributed by atoms with E-state index >= 15 is 0 Å². The van der Waals surface area contributed by atoms with Crippen molar-refractivity contribution in [1.82, 2.24) is 9.55 Å². The molecular weight excluding hydrogens is 276 g/mol. The second kappa shape index (κ2) is 5.67. The average molecular weight is 292 g/mol. The van der Waals surface area contributed by atoms with Crippen molar-refractivity contribution in [2.75, 3.05) is 0 Å². The van der Waals surface area contributed by atoms with Crippen LogP contribution in [0.2, 0.25) is 5.02 Å². The number of carboxylic acid groups (broad SMARTS) is 1. The minimum absolute atomic E-state index is 0.0573. The number of benzene rings is 1. The summed E-state index contributed by atoms with van der Waals surface area (Å²) in [6.07, 6.45) is 2.75. The highest BCUT2D eigenvalue weighted by atomic mass is 35.5. The molecule has 0 radical (unpaired) electrons. The maximum absolute atomic E-state index is 11.3. The number of aryl methyl sites for hydroxylation is 2. The SMILES string of the molecule is CCc1ccc(Cl)c(C)c1-n1c(C(=O)[O-])cnc1CC. The van der Waals surface area contributed by atoms with Crippen molar-refractivity contribution in [2.24, 2.45) is 0 Å². The van der Waals surface area contributed by atoms with Gasteiger partial charge in [-0.2, -0.15) is 0 Å². The van der Waals surface area contributed by atoms with Crippen molar-refractivity contribution >= 4 is 17.6 Å². The number of aromatic nitrogens is 2. The van der Waals surface area contributed by atoms with E-state index in [1.165, 1.54) is 6.20 Å². The van der Waals surface area contributed by atoms with E-state index in [1.807, 2.05) is 32.9 Å². The number of hydrogen-bond donors (Lipinski definition) is 0. The fourth-order valence-electron chi connectivity index (χ4n) is 2.36. The molecule has 0 amide bonds. The van der Waals surface area contributed by atoms with Gasteiger partial charge in [0.2, 0.25) is 0 Å². The standard InChI is InChI=1S/C15H17ClN2O2/c1-4-10-6-7-11(16)9(3)14(10)18-12(15(19)20)8-17-13(18)5-2/h6-8H,4-5H2,1-3H3,(H,19,20)/p-1. The summed E-state index contributed by atoms with van der Waals surface area (Å²) in [5.74, 6) is -0.553. The Hall–Kier alpha value is -1.81. The zero-order valence-electron chi connectivity index (χ0n) is 11.7. The number of aromatic carboxylic acids is 1. The first-order valence-electron chi connectivity index (χ1n) is 6.57. The number of hydrogen-bond acceptors (Lipinski definition) is 3. The first-order valence-corrected chi connectivity index (χ1v) is 6.95. The molecule has 0 unspecified atom stereocenters. The summed E-state index contributed by atoms with van der Waals surface area (Å²) in [6.45, 7) is 5.84. The Kier molecular flexibility index (Phi) is 4.14. The molecule has 1 aromatic heterocycles. The predicted octanol–water partition coefficient (Wildman–Crippen LogP) is 2.32. The maximum atomic E-state index is 11.3. The van der Waals surface area contributed by atoms with Crippen molar-refractivity contribution in [3.05, 3.63) is 46.0 Å². The van der Waals surface area contributed by atoms with Crippen LogP contribution in [-0.4, -0.2) is 15.5 Å². The molecule has 1 heterocycles. The molecule has 2 rings (SSSR count). The predicted molar refractivity (Wildman–Crippen MR) is 76.4 cm³/mol. The molecule has 106 valence electrons. The quantitative estimate of drug-likeness (QED) is 0.868.